The Bertz CT molecular complexity index is 333. The number of benzene rings is 1. The second-order valence-electron chi connectivity index (χ2n) is 5.01. The summed E-state index contributed by atoms with van der Waals surface area (Å²) in [5.74, 6) is 0.877. The summed E-state index contributed by atoms with van der Waals surface area (Å²) < 4.78 is 5.67. The molecule has 0 heterocycles. The van der Waals surface area contributed by atoms with Crippen LogP contribution in [0.5, 0.6) is 5.75 Å². The van der Waals surface area contributed by atoms with Crippen molar-refractivity contribution in [3.8, 4) is 5.75 Å². The fraction of sp³-hybridized carbons (Fsp3) is 0.571. The van der Waals surface area contributed by atoms with Gasteiger partial charge in [-0.15, -0.1) is 0 Å². The Labute approximate surface area is 105 Å². The molecule has 3 nitrogen and oxygen atoms in total. The lowest BCUT2D eigenvalue weighted by Crippen LogP contribution is -2.42. The zero-order valence-corrected chi connectivity index (χ0v) is 11.4. The van der Waals surface area contributed by atoms with Gasteiger partial charge in [0.2, 0.25) is 0 Å². The molecule has 0 radical (unpaired) electrons. The lowest BCUT2D eigenvalue weighted by Gasteiger charge is -2.34. The van der Waals surface area contributed by atoms with Gasteiger partial charge in [-0.25, -0.2) is 0 Å². The van der Waals surface area contributed by atoms with Crippen LogP contribution in [0.25, 0.3) is 0 Å². The smallest absolute Gasteiger partial charge is 0.119 e. The van der Waals surface area contributed by atoms with Gasteiger partial charge in [-0.2, -0.15) is 0 Å². The molecule has 0 bridgehead atoms. The highest BCUT2D eigenvalue weighted by Crippen LogP contribution is 2.16. The molecule has 0 atom stereocenters. The standard InChI is InChI=1S/C14H24N2O/c1-5-14(2,3)16(4)10-11-17-13-8-6-12(15)7-9-13/h6-9H,5,10-11,15H2,1-4H3. The first-order valence-corrected chi connectivity index (χ1v) is 6.15. The summed E-state index contributed by atoms with van der Waals surface area (Å²) in [4.78, 5) is 2.32. The van der Waals surface area contributed by atoms with Crippen molar-refractivity contribution >= 4 is 5.69 Å². The molecule has 0 saturated heterocycles. The van der Waals surface area contributed by atoms with Crippen molar-refractivity contribution in [2.45, 2.75) is 32.7 Å². The summed E-state index contributed by atoms with van der Waals surface area (Å²) in [6, 6.07) is 7.52. The fourth-order valence-electron chi connectivity index (χ4n) is 1.44. The second kappa shape index (κ2) is 5.92. The van der Waals surface area contributed by atoms with Gasteiger partial charge >= 0.3 is 0 Å². The summed E-state index contributed by atoms with van der Waals surface area (Å²) in [6.45, 7) is 8.32. The normalized spacial score (nSPS) is 11.8. The third kappa shape index (κ3) is 4.27. The first kappa shape index (κ1) is 13.8. The quantitative estimate of drug-likeness (QED) is 0.772. The van der Waals surface area contributed by atoms with E-state index in [9.17, 15) is 0 Å². The van der Waals surface area contributed by atoms with Gasteiger partial charge in [0.25, 0.3) is 0 Å². The number of likely N-dealkylation sites (N-methyl/N-ethyl adjacent to an activating group) is 1. The van der Waals surface area contributed by atoms with Crippen LogP contribution in [0.1, 0.15) is 27.2 Å². The maximum Gasteiger partial charge on any atom is 0.119 e. The first-order valence-electron chi connectivity index (χ1n) is 6.15. The molecule has 1 aromatic carbocycles. The van der Waals surface area contributed by atoms with E-state index in [2.05, 4.69) is 32.7 Å². The lowest BCUT2D eigenvalue weighted by atomic mass is 10.0. The van der Waals surface area contributed by atoms with Crippen LogP contribution in [0, 0.1) is 0 Å². The van der Waals surface area contributed by atoms with E-state index in [1.165, 1.54) is 0 Å². The van der Waals surface area contributed by atoms with E-state index in [0.29, 0.717) is 6.61 Å². The third-order valence-electron chi connectivity index (χ3n) is 3.47. The van der Waals surface area contributed by atoms with E-state index >= 15 is 0 Å². The topological polar surface area (TPSA) is 38.5 Å². The summed E-state index contributed by atoms with van der Waals surface area (Å²) in [5, 5.41) is 0. The SMILES string of the molecule is CCC(C)(C)N(C)CCOc1ccc(N)cc1. The van der Waals surface area contributed by atoms with Crippen molar-refractivity contribution in [2.24, 2.45) is 0 Å². The molecule has 96 valence electrons. The van der Waals surface area contributed by atoms with Crippen molar-refractivity contribution in [3.05, 3.63) is 24.3 Å². The van der Waals surface area contributed by atoms with Crippen molar-refractivity contribution in [3.63, 3.8) is 0 Å². The van der Waals surface area contributed by atoms with Crippen LogP contribution in [-0.2, 0) is 0 Å². The molecule has 0 aliphatic carbocycles. The van der Waals surface area contributed by atoms with Crippen LogP contribution in [-0.4, -0.2) is 30.6 Å². The van der Waals surface area contributed by atoms with Crippen molar-refractivity contribution in [2.75, 3.05) is 25.9 Å². The van der Waals surface area contributed by atoms with E-state index in [4.69, 9.17) is 10.5 Å². The molecule has 2 N–H and O–H groups in total. The number of nitrogens with zero attached hydrogens (tertiary/aromatic N) is 1. The molecule has 0 aromatic heterocycles. The minimum atomic E-state index is 0.227. The van der Waals surface area contributed by atoms with Gasteiger partial charge in [0, 0.05) is 17.8 Å². The van der Waals surface area contributed by atoms with Crippen LogP contribution in [0.3, 0.4) is 0 Å². The Morgan fingerprint density at radius 2 is 1.82 bits per heavy atom. The molecule has 1 aromatic rings. The molecule has 17 heavy (non-hydrogen) atoms. The molecule has 0 amide bonds. The molecule has 0 saturated carbocycles. The predicted molar refractivity (Wildman–Crippen MR) is 73.3 cm³/mol. The van der Waals surface area contributed by atoms with Crippen LogP contribution < -0.4 is 10.5 Å². The van der Waals surface area contributed by atoms with Gasteiger partial charge in [-0.3, -0.25) is 4.90 Å². The average molecular weight is 236 g/mol. The highest BCUT2D eigenvalue weighted by atomic mass is 16.5. The lowest BCUT2D eigenvalue weighted by molar-refractivity contribution is 0.125. The molecule has 3 heteroatoms. The van der Waals surface area contributed by atoms with Crippen LogP contribution in [0.4, 0.5) is 5.69 Å². The van der Waals surface area contributed by atoms with Crippen LogP contribution in [0.15, 0.2) is 24.3 Å². The number of nitrogen functional groups attached to an aromatic ring is 1. The van der Waals surface area contributed by atoms with E-state index < -0.39 is 0 Å². The molecule has 0 spiro atoms. The van der Waals surface area contributed by atoms with Crippen molar-refractivity contribution < 1.29 is 4.74 Å². The van der Waals surface area contributed by atoms with Gasteiger partial charge in [0.1, 0.15) is 12.4 Å². The molecule has 1 rings (SSSR count). The number of ether oxygens (including phenoxy) is 1. The zero-order chi connectivity index (χ0) is 12.9. The largest absolute Gasteiger partial charge is 0.492 e. The summed E-state index contributed by atoms with van der Waals surface area (Å²) in [5.41, 5.74) is 6.61. The molecule has 0 aliphatic rings. The Morgan fingerprint density at radius 1 is 1.24 bits per heavy atom. The maximum absolute atomic E-state index is 5.67. The third-order valence-corrected chi connectivity index (χ3v) is 3.47. The van der Waals surface area contributed by atoms with Crippen molar-refractivity contribution in [1.29, 1.82) is 0 Å². The van der Waals surface area contributed by atoms with Crippen LogP contribution in [0.2, 0.25) is 0 Å². The molecular weight excluding hydrogens is 212 g/mol. The van der Waals surface area contributed by atoms with E-state index in [-0.39, 0.29) is 5.54 Å². The average Bonchev–Trinajstić information content (AvgIpc) is 2.31. The molecule has 0 fully saturated rings. The Morgan fingerprint density at radius 3 is 2.35 bits per heavy atom. The summed E-state index contributed by atoms with van der Waals surface area (Å²) >= 11 is 0. The minimum Gasteiger partial charge on any atom is -0.492 e. The number of anilines is 1. The molecule has 0 aliphatic heterocycles. The second-order valence-corrected chi connectivity index (χ2v) is 5.01. The predicted octanol–water partition coefficient (Wildman–Crippen LogP) is 2.77. The maximum atomic E-state index is 5.67. The summed E-state index contributed by atoms with van der Waals surface area (Å²) in [6.07, 6.45) is 1.13. The van der Waals surface area contributed by atoms with Gasteiger partial charge in [-0.1, -0.05) is 6.92 Å². The zero-order valence-electron chi connectivity index (χ0n) is 11.4. The monoisotopic (exact) mass is 236 g/mol. The first-order chi connectivity index (χ1) is 7.95. The number of nitrogens with two attached hydrogens (primary N) is 1. The van der Waals surface area contributed by atoms with Crippen molar-refractivity contribution in [1.82, 2.24) is 4.90 Å². The fourth-order valence-corrected chi connectivity index (χ4v) is 1.44. The minimum absolute atomic E-state index is 0.227. The Kier molecular flexibility index (Phi) is 4.82. The number of rotatable bonds is 6. The Balaban J connectivity index is 2.35. The molecule has 0 unspecified atom stereocenters. The highest BCUT2D eigenvalue weighted by molar-refractivity contribution is 5.41. The Hall–Kier alpha value is -1.22. The van der Waals surface area contributed by atoms with Gasteiger partial charge in [0.15, 0.2) is 0 Å². The van der Waals surface area contributed by atoms with Crippen LogP contribution >= 0.6 is 0 Å². The van der Waals surface area contributed by atoms with Gasteiger partial charge in [-0.05, 0) is 51.6 Å². The van der Waals surface area contributed by atoms with Gasteiger partial charge < -0.3 is 10.5 Å². The number of hydrogen-bond donors (Lipinski definition) is 1. The van der Waals surface area contributed by atoms with E-state index in [0.717, 1.165) is 24.4 Å². The number of hydrogen-bond acceptors (Lipinski definition) is 3. The van der Waals surface area contributed by atoms with Gasteiger partial charge in [0.05, 0.1) is 0 Å². The summed E-state index contributed by atoms with van der Waals surface area (Å²) in [7, 11) is 2.13. The van der Waals surface area contributed by atoms with E-state index in [1.54, 1.807) is 0 Å². The highest BCUT2D eigenvalue weighted by Gasteiger charge is 2.20. The van der Waals surface area contributed by atoms with E-state index in [1.807, 2.05) is 24.3 Å². The molecular formula is C14H24N2O.